The molecular formula is C21H26N2O5. The molecule has 0 unspecified atom stereocenters. The van der Waals surface area contributed by atoms with Crippen molar-refractivity contribution in [2.24, 2.45) is 0 Å². The standard InChI is InChI=1S/C21H26N2O5/c1-6-27-19(24)16-11-12-22-18(13-16)23(20(25)28-21(2,3)4)14-15-7-9-17(26-5)10-8-15/h7-13H,6,14H2,1-5H3. The Morgan fingerprint density at radius 1 is 1.11 bits per heavy atom. The van der Waals surface area contributed by atoms with Crippen molar-refractivity contribution in [1.29, 1.82) is 0 Å². The smallest absolute Gasteiger partial charge is 0.416 e. The lowest BCUT2D eigenvalue weighted by molar-refractivity contribution is 0.0522. The average molecular weight is 386 g/mol. The Balaban J connectivity index is 2.35. The summed E-state index contributed by atoms with van der Waals surface area (Å²) in [6, 6.07) is 10.4. The van der Waals surface area contributed by atoms with Crippen LogP contribution in [-0.4, -0.2) is 36.4 Å². The Morgan fingerprint density at radius 2 is 1.79 bits per heavy atom. The van der Waals surface area contributed by atoms with Gasteiger partial charge in [0.2, 0.25) is 0 Å². The van der Waals surface area contributed by atoms with E-state index >= 15 is 0 Å². The van der Waals surface area contributed by atoms with Crippen LogP contribution in [0.5, 0.6) is 5.75 Å². The minimum Gasteiger partial charge on any atom is -0.497 e. The Bertz CT molecular complexity index is 812. The molecule has 1 amide bonds. The fraction of sp³-hybridized carbons (Fsp3) is 0.381. The number of carbonyl (C=O) groups excluding carboxylic acids is 2. The molecule has 28 heavy (non-hydrogen) atoms. The summed E-state index contributed by atoms with van der Waals surface area (Å²) in [5.41, 5.74) is 0.499. The number of hydrogen-bond donors (Lipinski definition) is 0. The first-order chi connectivity index (χ1) is 13.2. The van der Waals surface area contributed by atoms with Gasteiger partial charge in [-0.25, -0.2) is 14.6 Å². The van der Waals surface area contributed by atoms with Crippen LogP contribution in [0.25, 0.3) is 0 Å². The van der Waals surface area contributed by atoms with Crippen molar-refractivity contribution in [3.63, 3.8) is 0 Å². The van der Waals surface area contributed by atoms with Crippen LogP contribution in [0.1, 0.15) is 43.6 Å². The monoisotopic (exact) mass is 386 g/mol. The van der Waals surface area contributed by atoms with Crippen LogP contribution < -0.4 is 9.64 Å². The molecule has 0 atom stereocenters. The molecule has 150 valence electrons. The first kappa shape index (κ1) is 21.2. The molecule has 0 aliphatic heterocycles. The topological polar surface area (TPSA) is 78.0 Å². The van der Waals surface area contributed by atoms with E-state index < -0.39 is 17.7 Å². The van der Waals surface area contributed by atoms with Gasteiger partial charge in [-0.15, -0.1) is 0 Å². The zero-order valence-corrected chi connectivity index (χ0v) is 16.9. The summed E-state index contributed by atoms with van der Waals surface area (Å²) in [4.78, 5) is 30.5. The SMILES string of the molecule is CCOC(=O)c1ccnc(N(Cc2ccc(OC)cc2)C(=O)OC(C)(C)C)c1. The minimum atomic E-state index is -0.673. The number of rotatable bonds is 6. The van der Waals surface area contributed by atoms with Crippen LogP contribution in [0.3, 0.4) is 0 Å². The van der Waals surface area contributed by atoms with E-state index in [2.05, 4.69) is 4.98 Å². The number of amides is 1. The molecule has 1 heterocycles. The summed E-state index contributed by atoms with van der Waals surface area (Å²) >= 11 is 0. The van der Waals surface area contributed by atoms with Crippen molar-refractivity contribution in [1.82, 2.24) is 4.98 Å². The van der Waals surface area contributed by atoms with Gasteiger partial charge >= 0.3 is 12.1 Å². The average Bonchev–Trinajstić information content (AvgIpc) is 2.65. The predicted molar refractivity (Wildman–Crippen MR) is 106 cm³/mol. The van der Waals surface area contributed by atoms with Gasteiger partial charge in [0.15, 0.2) is 0 Å². The Labute approximate surface area is 165 Å². The number of esters is 1. The largest absolute Gasteiger partial charge is 0.497 e. The lowest BCUT2D eigenvalue weighted by Crippen LogP contribution is -2.37. The van der Waals surface area contributed by atoms with Gasteiger partial charge in [0.05, 0.1) is 25.8 Å². The first-order valence-corrected chi connectivity index (χ1v) is 9.00. The molecule has 1 aromatic carbocycles. The first-order valence-electron chi connectivity index (χ1n) is 9.00. The number of benzene rings is 1. The van der Waals surface area contributed by atoms with Crippen molar-refractivity contribution < 1.29 is 23.8 Å². The third kappa shape index (κ3) is 5.97. The summed E-state index contributed by atoms with van der Waals surface area (Å²) in [6.07, 6.45) is 0.907. The summed E-state index contributed by atoms with van der Waals surface area (Å²) in [6.45, 7) is 7.59. The molecule has 0 aliphatic carbocycles. The van der Waals surface area contributed by atoms with Crippen LogP contribution >= 0.6 is 0 Å². The minimum absolute atomic E-state index is 0.220. The van der Waals surface area contributed by atoms with Gasteiger partial charge < -0.3 is 14.2 Å². The van der Waals surface area contributed by atoms with E-state index in [9.17, 15) is 9.59 Å². The van der Waals surface area contributed by atoms with Crippen molar-refractivity contribution in [3.8, 4) is 5.75 Å². The van der Waals surface area contributed by atoms with E-state index in [4.69, 9.17) is 14.2 Å². The van der Waals surface area contributed by atoms with E-state index in [0.717, 1.165) is 11.3 Å². The molecule has 0 aliphatic rings. The lowest BCUT2D eigenvalue weighted by Gasteiger charge is -2.27. The Kier molecular flexibility index (Phi) is 6.98. The van der Waals surface area contributed by atoms with Crippen molar-refractivity contribution in [3.05, 3.63) is 53.7 Å². The number of methoxy groups -OCH3 is 1. The number of aromatic nitrogens is 1. The van der Waals surface area contributed by atoms with E-state index in [1.807, 2.05) is 24.3 Å². The summed E-state index contributed by atoms with van der Waals surface area (Å²) in [5, 5.41) is 0. The molecular weight excluding hydrogens is 360 g/mol. The molecule has 7 nitrogen and oxygen atoms in total. The molecule has 7 heteroatoms. The molecule has 0 N–H and O–H groups in total. The Hall–Kier alpha value is -3.09. The summed E-state index contributed by atoms with van der Waals surface area (Å²) in [5.74, 6) is 0.547. The molecule has 0 spiro atoms. The van der Waals surface area contributed by atoms with Gasteiger partial charge in [-0.05, 0) is 57.5 Å². The van der Waals surface area contributed by atoms with Crippen LogP contribution in [0.4, 0.5) is 10.6 Å². The third-order valence-corrected chi connectivity index (χ3v) is 3.65. The summed E-state index contributed by atoms with van der Waals surface area (Å²) in [7, 11) is 1.59. The maximum atomic E-state index is 12.8. The van der Waals surface area contributed by atoms with Crippen LogP contribution in [0.15, 0.2) is 42.6 Å². The zero-order valence-electron chi connectivity index (χ0n) is 16.9. The fourth-order valence-corrected chi connectivity index (χ4v) is 2.38. The van der Waals surface area contributed by atoms with E-state index in [-0.39, 0.29) is 13.2 Å². The molecule has 1 aromatic heterocycles. The van der Waals surface area contributed by atoms with Crippen LogP contribution in [-0.2, 0) is 16.0 Å². The van der Waals surface area contributed by atoms with Gasteiger partial charge in [0, 0.05) is 6.20 Å². The van der Waals surface area contributed by atoms with Gasteiger partial charge in [-0.3, -0.25) is 4.90 Å². The third-order valence-electron chi connectivity index (χ3n) is 3.65. The van der Waals surface area contributed by atoms with E-state index in [0.29, 0.717) is 11.4 Å². The zero-order chi connectivity index (χ0) is 20.7. The maximum absolute atomic E-state index is 12.8. The number of anilines is 1. The summed E-state index contributed by atoms with van der Waals surface area (Å²) < 4.78 is 15.7. The Morgan fingerprint density at radius 3 is 2.36 bits per heavy atom. The molecule has 0 saturated heterocycles. The van der Waals surface area contributed by atoms with Gasteiger partial charge in [0.25, 0.3) is 0 Å². The number of ether oxygens (including phenoxy) is 3. The second kappa shape index (κ2) is 9.21. The quantitative estimate of drug-likeness (QED) is 0.692. The number of carbonyl (C=O) groups is 2. The van der Waals surface area contributed by atoms with Crippen LogP contribution in [0, 0.1) is 0 Å². The number of nitrogens with zero attached hydrogens (tertiary/aromatic N) is 2. The van der Waals surface area contributed by atoms with Crippen molar-refractivity contribution >= 4 is 17.9 Å². The maximum Gasteiger partial charge on any atom is 0.416 e. The highest BCUT2D eigenvalue weighted by atomic mass is 16.6. The van der Waals surface area contributed by atoms with Gasteiger partial charge in [-0.1, -0.05) is 12.1 Å². The van der Waals surface area contributed by atoms with Gasteiger partial charge in [0.1, 0.15) is 17.2 Å². The normalized spacial score (nSPS) is 10.9. The highest BCUT2D eigenvalue weighted by Gasteiger charge is 2.25. The molecule has 2 aromatic rings. The molecule has 0 saturated carbocycles. The molecule has 2 rings (SSSR count). The second-order valence-electron chi connectivity index (χ2n) is 7.04. The second-order valence-corrected chi connectivity index (χ2v) is 7.04. The van der Waals surface area contributed by atoms with Gasteiger partial charge in [-0.2, -0.15) is 0 Å². The predicted octanol–water partition coefficient (Wildman–Crippen LogP) is 4.21. The molecule has 0 fully saturated rings. The van der Waals surface area contributed by atoms with Crippen molar-refractivity contribution in [2.75, 3.05) is 18.6 Å². The highest BCUT2D eigenvalue weighted by Crippen LogP contribution is 2.21. The molecule has 0 radical (unpaired) electrons. The van der Waals surface area contributed by atoms with E-state index in [1.54, 1.807) is 40.9 Å². The van der Waals surface area contributed by atoms with Crippen molar-refractivity contribution in [2.45, 2.75) is 39.8 Å². The lowest BCUT2D eigenvalue weighted by atomic mass is 10.2. The fourth-order valence-electron chi connectivity index (χ4n) is 2.38. The number of pyridine rings is 1. The highest BCUT2D eigenvalue weighted by molar-refractivity contribution is 5.92. The van der Waals surface area contributed by atoms with E-state index in [1.165, 1.54) is 17.2 Å². The molecule has 0 bridgehead atoms. The van der Waals surface area contributed by atoms with Crippen LogP contribution in [0.2, 0.25) is 0 Å². The number of hydrogen-bond acceptors (Lipinski definition) is 6.